The van der Waals surface area contributed by atoms with Crippen LogP contribution in [0.3, 0.4) is 0 Å². The fourth-order valence-electron chi connectivity index (χ4n) is 6.45. The van der Waals surface area contributed by atoms with Crippen LogP contribution in [0.2, 0.25) is 20.2 Å². The smallest absolute Gasteiger partial charge is 0.168 e. The minimum atomic E-state index is -0.878. The second kappa shape index (κ2) is 17.5. The van der Waals surface area contributed by atoms with Gasteiger partial charge in [-0.25, -0.2) is 0 Å². The molecule has 0 fully saturated rings. The van der Waals surface area contributed by atoms with Gasteiger partial charge in [-0.2, -0.15) is 0 Å². The van der Waals surface area contributed by atoms with Crippen LogP contribution in [0.15, 0.2) is 31.7 Å². The first kappa shape index (κ1) is 51.7. The number of hydrogen-bond acceptors (Lipinski definition) is 8. The normalized spacial score (nSPS) is 19.4. The van der Waals surface area contributed by atoms with Crippen molar-refractivity contribution >= 4 is 86.1 Å². The van der Waals surface area contributed by atoms with Gasteiger partial charge in [0.25, 0.3) is 0 Å². The minimum absolute atomic E-state index is 0.195. The molecule has 3 rings (SSSR count). The molecule has 0 bridgehead atoms. The summed E-state index contributed by atoms with van der Waals surface area (Å²) < 4.78 is 28.5. The summed E-state index contributed by atoms with van der Waals surface area (Å²) in [6.45, 7) is 56.8. The van der Waals surface area contributed by atoms with Crippen LogP contribution in [-0.2, 0) is 17.7 Å². The molecule has 0 saturated heterocycles. The number of rotatable bonds is 20. The lowest BCUT2D eigenvalue weighted by Crippen LogP contribution is -2.61. The highest BCUT2D eigenvalue weighted by atomic mass is 32.2. The van der Waals surface area contributed by atoms with Gasteiger partial charge in [0, 0.05) is 19.6 Å². The van der Waals surface area contributed by atoms with E-state index < -0.39 is 61.5 Å². The van der Waals surface area contributed by atoms with Crippen LogP contribution in [0.5, 0.6) is 0 Å². The van der Waals surface area contributed by atoms with E-state index in [1.807, 2.05) is 47.0 Å². The Morgan fingerprint density at radius 1 is 0.357 bits per heavy atom. The zero-order chi connectivity index (χ0) is 43.5. The Morgan fingerprint density at radius 3 is 0.661 bits per heavy atom. The highest BCUT2D eigenvalue weighted by Crippen LogP contribution is 2.71. The van der Waals surface area contributed by atoms with Crippen LogP contribution in [0, 0.1) is 23.7 Å². The fraction of sp³-hybridized carbons (Fsp3) is 0.864. The second-order valence-corrected chi connectivity index (χ2v) is 38.3. The van der Waals surface area contributed by atoms with Gasteiger partial charge in [0.15, 0.2) is 39.1 Å². The van der Waals surface area contributed by atoms with Crippen molar-refractivity contribution in [1.82, 2.24) is 0 Å². The van der Waals surface area contributed by atoms with Crippen molar-refractivity contribution in [1.29, 1.82) is 0 Å². The van der Waals surface area contributed by atoms with Gasteiger partial charge in [0.1, 0.15) is 8.16 Å². The van der Waals surface area contributed by atoms with Crippen LogP contribution in [0.25, 0.3) is 0 Å². The molecule has 56 heavy (non-hydrogen) atoms. The van der Waals surface area contributed by atoms with Crippen molar-refractivity contribution in [2.45, 2.75) is 236 Å². The molecule has 12 heteroatoms. The monoisotopic (exact) mass is 918 g/mol. The van der Waals surface area contributed by atoms with E-state index in [9.17, 15) is 0 Å². The number of hydrogen-bond donors (Lipinski definition) is 0. The zero-order valence-corrected chi connectivity index (χ0v) is 49.5. The second-order valence-electron chi connectivity index (χ2n) is 23.2. The maximum Gasteiger partial charge on any atom is 0.168 e. The van der Waals surface area contributed by atoms with E-state index in [0.29, 0.717) is 23.7 Å². The van der Waals surface area contributed by atoms with Gasteiger partial charge >= 0.3 is 0 Å². The first-order valence-electron chi connectivity index (χ1n) is 21.4. The Labute approximate surface area is 373 Å². The molecule has 0 spiro atoms. The van der Waals surface area contributed by atoms with E-state index in [4.69, 9.17) is 17.7 Å². The molecular formula is C44H86O4S4Si4. The van der Waals surface area contributed by atoms with Gasteiger partial charge in [0.2, 0.25) is 0 Å². The molecule has 0 radical (unpaired) electrons. The van der Waals surface area contributed by atoms with E-state index in [1.165, 1.54) is 19.6 Å². The molecule has 0 atom stereocenters. The van der Waals surface area contributed by atoms with Gasteiger partial charge in [-0.3, -0.25) is 0 Å². The average molecular weight is 920 g/mol. The summed E-state index contributed by atoms with van der Waals surface area (Å²) in [5.41, 5.74) is -1.72. The van der Waals surface area contributed by atoms with Crippen molar-refractivity contribution < 1.29 is 17.7 Å². The Morgan fingerprint density at radius 2 is 0.518 bits per heavy atom. The number of thioether (sulfide) groups is 4. The maximum atomic E-state index is 7.30. The molecule has 4 nitrogen and oxygen atoms in total. The lowest BCUT2D eigenvalue weighted by molar-refractivity contribution is -0.00327. The first-order valence-corrected chi connectivity index (χ1v) is 29.9. The third-order valence-corrected chi connectivity index (χ3v) is 32.9. The van der Waals surface area contributed by atoms with Crippen molar-refractivity contribution in [2.24, 2.45) is 23.7 Å². The minimum Gasteiger partial charge on any atom is -0.416 e. The van der Waals surface area contributed by atoms with Gasteiger partial charge in [-0.1, -0.05) is 111 Å². The summed E-state index contributed by atoms with van der Waals surface area (Å²) in [5, 5.41) is 0.780. The SMILES string of the molecule is CC(C)C(C)(C)[SiH2]OC(C)(C)C1(C(C)(C)O[SiH2]C(C)(C)C(C)C)Sc2cc3c(cc2S1)SC(C(C)(C)O[SiH2]C(C)(C)C(C)C)(C(C)(C)O[SiH2]C(C)(C)C(C)C)S3. The fourth-order valence-corrected chi connectivity index (χ4v) is 19.5. The van der Waals surface area contributed by atoms with E-state index in [2.05, 4.69) is 178 Å². The van der Waals surface area contributed by atoms with Gasteiger partial charge in [-0.15, -0.1) is 47.0 Å². The van der Waals surface area contributed by atoms with Crippen LogP contribution in [-0.4, -0.2) is 69.6 Å². The van der Waals surface area contributed by atoms with Gasteiger partial charge in [-0.05, 0) is 111 Å². The predicted octanol–water partition coefficient (Wildman–Crippen LogP) is 12.4. The predicted molar refractivity (Wildman–Crippen MR) is 266 cm³/mol. The van der Waals surface area contributed by atoms with E-state index in [-0.39, 0.29) is 28.3 Å². The molecule has 2 heterocycles. The highest BCUT2D eigenvalue weighted by Gasteiger charge is 2.64. The molecule has 326 valence electrons. The molecule has 0 N–H and O–H groups in total. The van der Waals surface area contributed by atoms with Crippen LogP contribution < -0.4 is 0 Å². The first-order chi connectivity index (χ1) is 24.9. The summed E-state index contributed by atoms with van der Waals surface area (Å²) in [5.74, 6) is 2.29. The lowest BCUT2D eigenvalue weighted by Gasteiger charge is -2.53. The van der Waals surface area contributed by atoms with Crippen molar-refractivity contribution in [3.8, 4) is 0 Å². The van der Waals surface area contributed by atoms with E-state index in [1.54, 1.807) is 0 Å². The number of benzene rings is 1. The maximum absolute atomic E-state index is 7.30. The Hall–Kier alpha value is 1.33. The largest absolute Gasteiger partial charge is 0.416 e. The Kier molecular flexibility index (Phi) is 16.1. The molecule has 0 aromatic heterocycles. The zero-order valence-electron chi connectivity index (χ0n) is 40.6. The molecule has 2 aliphatic heterocycles. The van der Waals surface area contributed by atoms with Crippen LogP contribution in [0.1, 0.15) is 166 Å². The van der Waals surface area contributed by atoms with Crippen molar-refractivity contribution in [3.05, 3.63) is 12.1 Å². The van der Waals surface area contributed by atoms with Gasteiger partial charge in [0.05, 0.1) is 22.4 Å². The topological polar surface area (TPSA) is 36.9 Å². The molecule has 1 aromatic rings. The lowest BCUT2D eigenvalue weighted by atomic mass is 9.90. The average Bonchev–Trinajstić information content (AvgIpc) is 3.65. The van der Waals surface area contributed by atoms with Crippen LogP contribution >= 0.6 is 47.0 Å². The quantitative estimate of drug-likeness (QED) is 0.120. The van der Waals surface area contributed by atoms with Crippen molar-refractivity contribution in [2.75, 3.05) is 0 Å². The van der Waals surface area contributed by atoms with Gasteiger partial charge < -0.3 is 17.7 Å². The molecule has 1 aromatic carbocycles. The number of fused-ring (bicyclic) bond motifs is 2. The Balaban J connectivity index is 2.14. The van der Waals surface area contributed by atoms with E-state index in [0.717, 1.165) is 0 Å². The van der Waals surface area contributed by atoms with Crippen molar-refractivity contribution in [3.63, 3.8) is 0 Å². The summed E-state index contributed by atoms with van der Waals surface area (Å²) in [4.78, 5) is 5.40. The summed E-state index contributed by atoms with van der Waals surface area (Å²) in [6.07, 6.45) is 0. The molecule has 0 unspecified atom stereocenters. The highest BCUT2D eigenvalue weighted by molar-refractivity contribution is 8.22. The third kappa shape index (κ3) is 10.4. The Bertz CT molecular complexity index is 1300. The summed E-state index contributed by atoms with van der Waals surface area (Å²) in [7, 11) is -3.51. The third-order valence-electron chi connectivity index (χ3n) is 14.7. The van der Waals surface area contributed by atoms with Crippen LogP contribution in [0.4, 0.5) is 0 Å². The molecule has 0 amide bonds. The van der Waals surface area contributed by atoms with E-state index >= 15 is 0 Å². The summed E-state index contributed by atoms with van der Waals surface area (Å²) in [6, 6.07) is 5.02. The molecular weight excluding hydrogens is 833 g/mol. The molecule has 0 aliphatic carbocycles. The standard InChI is InChI=1S/C44H86O4S4Si4/c1-27(2)35(9,10)53-45-39(17,18)43(40(19,20)46-54-36(11,12)28(3)4)49-31-25-33-34(26-32(31)50-43)52-44(51-33,41(21,22)47-55-37(13,14)29(5)6)42(23,24)48-56-38(15,16)30(7)8/h25-30H,53-56H2,1-24H3. The molecule has 2 aliphatic rings. The molecule has 0 saturated carbocycles. The summed E-state index contributed by atoms with van der Waals surface area (Å²) >= 11 is 8.07.